The van der Waals surface area contributed by atoms with Crippen molar-refractivity contribution in [3.05, 3.63) is 51.7 Å². The molecule has 3 heterocycles. The number of likely N-dealkylation sites (tertiary alicyclic amines) is 1. The van der Waals surface area contributed by atoms with Crippen LogP contribution in [0.4, 0.5) is 18.9 Å². The molecule has 1 spiro atoms. The van der Waals surface area contributed by atoms with Crippen LogP contribution in [-0.4, -0.2) is 42.5 Å². The number of rotatable bonds is 5. The Kier molecular flexibility index (Phi) is 6.07. The van der Waals surface area contributed by atoms with Gasteiger partial charge in [0.15, 0.2) is 0 Å². The Balaban J connectivity index is 1.38. The topological polar surface area (TPSA) is 59.4 Å². The lowest BCUT2D eigenvalue weighted by Crippen LogP contribution is -2.44. The number of halogens is 3. The van der Waals surface area contributed by atoms with E-state index in [0.29, 0.717) is 18.7 Å². The summed E-state index contributed by atoms with van der Waals surface area (Å²) in [6, 6.07) is 7.28. The van der Waals surface area contributed by atoms with Crippen LogP contribution in [-0.2, 0) is 17.5 Å². The van der Waals surface area contributed by atoms with Gasteiger partial charge in [-0.2, -0.15) is 29.8 Å². The Morgan fingerprint density at radius 1 is 1.24 bits per heavy atom. The van der Waals surface area contributed by atoms with Crippen LogP contribution in [0.5, 0.6) is 0 Å². The van der Waals surface area contributed by atoms with E-state index in [1.54, 1.807) is 23.5 Å². The summed E-state index contributed by atoms with van der Waals surface area (Å²) in [5, 5.41) is 16.5. The van der Waals surface area contributed by atoms with Crippen LogP contribution in [0.2, 0.25) is 0 Å². The summed E-state index contributed by atoms with van der Waals surface area (Å²) in [7, 11) is 0. The fourth-order valence-electron chi connectivity index (χ4n) is 5.32. The molecule has 0 bridgehead atoms. The van der Waals surface area contributed by atoms with Crippen molar-refractivity contribution in [3.8, 4) is 6.07 Å². The maximum absolute atomic E-state index is 13.6. The zero-order valence-corrected chi connectivity index (χ0v) is 19.6. The second-order valence-electron chi connectivity index (χ2n) is 9.88. The SMILES string of the molecule is N#Cc1ccc(N2CC3(CCN(Cc4ccsc4)CC3)CC2C(=O)NC2CC2)cc1C(F)(F)F. The van der Waals surface area contributed by atoms with Crippen LogP contribution in [0, 0.1) is 16.7 Å². The highest BCUT2D eigenvalue weighted by molar-refractivity contribution is 7.07. The lowest BCUT2D eigenvalue weighted by Gasteiger charge is -2.39. The van der Waals surface area contributed by atoms with Crippen molar-refractivity contribution in [1.82, 2.24) is 10.2 Å². The normalized spacial score (nSPS) is 22.6. The summed E-state index contributed by atoms with van der Waals surface area (Å²) in [5.41, 5.74) is 0.210. The lowest BCUT2D eigenvalue weighted by atomic mass is 9.76. The van der Waals surface area contributed by atoms with Gasteiger partial charge in [0, 0.05) is 24.8 Å². The molecule has 1 saturated carbocycles. The van der Waals surface area contributed by atoms with E-state index in [4.69, 9.17) is 5.26 Å². The second kappa shape index (κ2) is 8.90. The number of hydrogen-bond donors (Lipinski definition) is 1. The van der Waals surface area contributed by atoms with Crippen LogP contribution in [0.1, 0.15) is 48.8 Å². The van der Waals surface area contributed by atoms with Crippen molar-refractivity contribution >= 4 is 22.9 Å². The number of hydrogen-bond acceptors (Lipinski definition) is 5. The van der Waals surface area contributed by atoms with Gasteiger partial charge in [-0.05, 0) is 91.2 Å². The van der Waals surface area contributed by atoms with Gasteiger partial charge >= 0.3 is 6.18 Å². The molecule has 3 aliphatic rings. The van der Waals surface area contributed by atoms with Gasteiger partial charge in [-0.1, -0.05) is 0 Å². The van der Waals surface area contributed by atoms with Gasteiger partial charge in [-0.15, -0.1) is 0 Å². The molecule has 9 heteroatoms. The van der Waals surface area contributed by atoms with E-state index >= 15 is 0 Å². The minimum absolute atomic E-state index is 0.0991. The van der Waals surface area contributed by atoms with E-state index in [9.17, 15) is 18.0 Å². The van der Waals surface area contributed by atoms with Crippen LogP contribution in [0.3, 0.4) is 0 Å². The van der Waals surface area contributed by atoms with Gasteiger partial charge in [0.05, 0.1) is 17.2 Å². The minimum atomic E-state index is -4.63. The van der Waals surface area contributed by atoms with E-state index in [1.807, 2.05) is 4.90 Å². The maximum atomic E-state index is 13.6. The monoisotopic (exact) mass is 488 g/mol. The smallest absolute Gasteiger partial charge is 0.359 e. The van der Waals surface area contributed by atoms with Crippen molar-refractivity contribution in [2.75, 3.05) is 24.5 Å². The molecule has 0 radical (unpaired) electrons. The predicted octanol–water partition coefficient (Wildman–Crippen LogP) is 4.78. The summed E-state index contributed by atoms with van der Waals surface area (Å²) < 4.78 is 40.9. The number of thiophene rings is 1. The van der Waals surface area contributed by atoms with Crippen LogP contribution in [0.25, 0.3) is 0 Å². The van der Waals surface area contributed by atoms with Crippen LogP contribution in [0.15, 0.2) is 35.0 Å². The fourth-order valence-corrected chi connectivity index (χ4v) is 5.98. The molecule has 1 unspecified atom stereocenters. The Bertz CT molecular complexity index is 1080. The van der Waals surface area contributed by atoms with Gasteiger partial charge in [0.2, 0.25) is 5.91 Å². The first kappa shape index (κ1) is 23.2. The number of benzene rings is 1. The summed E-state index contributed by atoms with van der Waals surface area (Å²) >= 11 is 1.69. The van der Waals surface area contributed by atoms with E-state index in [2.05, 4.69) is 27.0 Å². The number of carbonyl (C=O) groups excluding carboxylic acids is 1. The number of carbonyl (C=O) groups is 1. The summed E-state index contributed by atoms with van der Waals surface area (Å²) in [6.45, 7) is 3.26. The average Bonchev–Trinajstić information content (AvgIpc) is 3.33. The highest BCUT2D eigenvalue weighted by Gasteiger charge is 2.49. The number of nitrogens with one attached hydrogen (secondary N) is 1. The summed E-state index contributed by atoms with van der Waals surface area (Å²) in [6.07, 6.45) is -0.268. The molecule has 1 aromatic carbocycles. The lowest BCUT2D eigenvalue weighted by molar-refractivity contribution is -0.137. The van der Waals surface area contributed by atoms with E-state index in [1.165, 1.54) is 11.6 Å². The molecule has 1 amide bonds. The second-order valence-corrected chi connectivity index (χ2v) is 10.7. The van der Waals surface area contributed by atoms with E-state index in [0.717, 1.165) is 51.4 Å². The zero-order valence-electron chi connectivity index (χ0n) is 18.8. The van der Waals surface area contributed by atoms with Gasteiger partial charge in [-0.3, -0.25) is 9.69 Å². The molecule has 3 fully saturated rings. The molecule has 1 N–H and O–H groups in total. The van der Waals surface area contributed by atoms with Gasteiger partial charge < -0.3 is 10.2 Å². The number of amides is 1. The van der Waals surface area contributed by atoms with E-state index in [-0.39, 0.29) is 17.4 Å². The molecule has 5 nitrogen and oxygen atoms in total. The first-order valence-corrected chi connectivity index (χ1v) is 12.6. The predicted molar refractivity (Wildman–Crippen MR) is 124 cm³/mol. The van der Waals surface area contributed by atoms with Gasteiger partial charge in [-0.25, -0.2) is 0 Å². The molecule has 1 aromatic heterocycles. The number of anilines is 1. The first-order chi connectivity index (χ1) is 16.3. The highest BCUT2D eigenvalue weighted by Crippen LogP contribution is 2.46. The molecule has 2 aliphatic heterocycles. The molecule has 1 aliphatic carbocycles. The molecular weight excluding hydrogens is 461 g/mol. The third-order valence-corrected chi connectivity index (χ3v) is 8.13. The number of nitrogens with zero attached hydrogens (tertiary/aromatic N) is 3. The van der Waals surface area contributed by atoms with Crippen LogP contribution >= 0.6 is 11.3 Å². The molecule has 1 atom stereocenters. The standard InChI is InChI=1S/C25H27F3N4OS/c26-25(27,28)21-11-20(4-1-18(21)13-29)32-16-24(12-22(32)23(33)30-19-2-3-19)6-8-31(9-7-24)14-17-5-10-34-15-17/h1,4-5,10-11,15,19,22H,2-3,6-9,12,14,16H2,(H,30,33). The largest absolute Gasteiger partial charge is 0.417 e. The van der Waals surface area contributed by atoms with Gasteiger partial charge in [0.25, 0.3) is 0 Å². The van der Waals surface area contributed by atoms with Crippen molar-refractivity contribution in [2.45, 2.75) is 56.9 Å². The number of piperidine rings is 1. The Labute approximate surface area is 201 Å². The van der Waals surface area contributed by atoms with Crippen LogP contribution < -0.4 is 10.2 Å². The Morgan fingerprint density at radius 2 is 2.00 bits per heavy atom. The number of alkyl halides is 3. The highest BCUT2D eigenvalue weighted by atomic mass is 32.1. The molecule has 180 valence electrons. The van der Waals surface area contributed by atoms with Crippen molar-refractivity contribution in [2.24, 2.45) is 5.41 Å². The quantitative estimate of drug-likeness (QED) is 0.658. The maximum Gasteiger partial charge on any atom is 0.417 e. The third-order valence-electron chi connectivity index (χ3n) is 7.40. The van der Waals surface area contributed by atoms with Gasteiger partial charge in [0.1, 0.15) is 6.04 Å². The first-order valence-electron chi connectivity index (χ1n) is 11.7. The Morgan fingerprint density at radius 3 is 2.62 bits per heavy atom. The zero-order chi connectivity index (χ0) is 23.9. The molecule has 2 saturated heterocycles. The van der Waals surface area contributed by atoms with Crippen molar-refractivity contribution in [1.29, 1.82) is 5.26 Å². The van der Waals surface area contributed by atoms with Crippen molar-refractivity contribution < 1.29 is 18.0 Å². The summed E-state index contributed by atoms with van der Waals surface area (Å²) in [4.78, 5) is 17.4. The molecular formula is C25H27F3N4OS. The molecule has 34 heavy (non-hydrogen) atoms. The molecule has 2 aromatic rings. The minimum Gasteiger partial charge on any atom is -0.359 e. The summed E-state index contributed by atoms with van der Waals surface area (Å²) in [5.74, 6) is -0.0991. The number of nitriles is 1. The van der Waals surface area contributed by atoms with Crippen molar-refractivity contribution in [3.63, 3.8) is 0 Å². The Hall–Kier alpha value is -2.57. The average molecular weight is 489 g/mol. The fraction of sp³-hybridized carbons (Fsp3) is 0.520. The molecule has 5 rings (SSSR count). The van der Waals surface area contributed by atoms with E-state index < -0.39 is 23.3 Å². The third kappa shape index (κ3) is 4.80.